The molecule has 0 bridgehead atoms. The molecule has 2 aliphatic rings. The third-order valence-corrected chi connectivity index (χ3v) is 12.1. The van der Waals surface area contributed by atoms with Crippen LogP contribution in [0.1, 0.15) is 39.2 Å². The molecule has 1 spiro atoms. The summed E-state index contributed by atoms with van der Waals surface area (Å²) in [6, 6.07) is 59.8. The first-order valence-electron chi connectivity index (χ1n) is 19.9. The Morgan fingerprint density at radius 3 is 1.53 bits per heavy atom. The number of benzene rings is 7. The van der Waals surface area contributed by atoms with Gasteiger partial charge in [0.15, 0.2) is 11.6 Å². The highest BCUT2D eigenvalue weighted by atomic mass is 15.0. The van der Waals surface area contributed by atoms with Crippen molar-refractivity contribution in [1.82, 2.24) is 19.9 Å². The summed E-state index contributed by atoms with van der Waals surface area (Å²) in [6.07, 6.45) is 3.90. The van der Waals surface area contributed by atoms with Crippen LogP contribution in [0.15, 0.2) is 176 Å². The molecule has 1 unspecified atom stereocenters. The number of aromatic nitrogens is 4. The summed E-state index contributed by atoms with van der Waals surface area (Å²) in [5.74, 6) is 2.06. The second-order valence-corrected chi connectivity index (χ2v) is 15.6. The van der Waals surface area contributed by atoms with Gasteiger partial charge in [-0.25, -0.2) is 15.0 Å². The molecule has 58 heavy (non-hydrogen) atoms. The molecule has 2 aliphatic carbocycles. The smallest absolute Gasteiger partial charge is 0.163 e. The molecule has 0 fully saturated rings. The predicted octanol–water partition coefficient (Wildman–Crippen LogP) is 12.9. The average Bonchev–Trinajstić information content (AvgIpc) is 3.73. The Balaban J connectivity index is 1.06. The van der Waals surface area contributed by atoms with Crippen molar-refractivity contribution < 1.29 is 0 Å². The number of hydrogen-bond donors (Lipinski definition) is 0. The van der Waals surface area contributed by atoms with E-state index in [2.05, 4.69) is 152 Å². The number of fused-ring (bicyclic) bond motifs is 10. The third-order valence-electron chi connectivity index (χ3n) is 12.1. The number of pyridine rings is 1. The summed E-state index contributed by atoms with van der Waals surface area (Å²) in [7, 11) is 0. The van der Waals surface area contributed by atoms with Crippen LogP contribution < -0.4 is 0 Å². The fourth-order valence-electron chi connectivity index (χ4n) is 9.68. The quantitative estimate of drug-likeness (QED) is 0.176. The number of nitrogens with zero attached hydrogens (tertiary/aromatic N) is 4. The molecule has 0 amide bonds. The fourth-order valence-corrected chi connectivity index (χ4v) is 9.68. The van der Waals surface area contributed by atoms with E-state index in [-0.39, 0.29) is 0 Å². The summed E-state index contributed by atoms with van der Waals surface area (Å²) in [6.45, 7) is 6.22. The zero-order chi connectivity index (χ0) is 39.0. The Kier molecular flexibility index (Phi) is 7.70. The van der Waals surface area contributed by atoms with E-state index < -0.39 is 5.41 Å². The zero-order valence-corrected chi connectivity index (χ0v) is 32.5. The Morgan fingerprint density at radius 2 is 0.845 bits per heavy atom. The van der Waals surface area contributed by atoms with E-state index in [0.717, 1.165) is 11.1 Å². The van der Waals surface area contributed by atoms with Crippen LogP contribution in [-0.2, 0) is 5.41 Å². The summed E-state index contributed by atoms with van der Waals surface area (Å²) in [4.78, 5) is 19.0. The monoisotopic (exact) mass is 742 g/mol. The molecule has 0 saturated heterocycles. The molecule has 0 saturated carbocycles. The summed E-state index contributed by atoms with van der Waals surface area (Å²) >= 11 is 0. The first-order chi connectivity index (χ1) is 28.5. The van der Waals surface area contributed by atoms with E-state index in [0.29, 0.717) is 17.5 Å². The minimum atomic E-state index is -0.498. The van der Waals surface area contributed by atoms with Crippen LogP contribution >= 0.6 is 0 Å². The van der Waals surface area contributed by atoms with Crippen molar-refractivity contribution >= 4 is 0 Å². The van der Waals surface area contributed by atoms with Crippen LogP contribution in [0.25, 0.3) is 78.4 Å². The van der Waals surface area contributed by atoms with Crippen LogP contribution in [0.2, 0.25) is 0 Å². The lowest BCUT2D eigenvalue weighted by Gasteiger charge is -2.30. The van der Waals surface area contributed by atoms with Gasteiger partial charge in [-0.2, -0.15) is 0 Å². The molecule has 7 aromatic carbocycles. The van der Waals surface area contributed by atoms with Crippen LogP contribution in [-0.4, -0.2) is 19.9 Å². The Bertz CT molecular complexity index is 3090. The molecule has 11 rings (SSSR count). The van der Waals surface area contributed by atoms with Crippen molar-refractivity contribution in [3.63, 3.8) is 0 Å². The lowest BCUT2D eigenvalue weighted by Crippen LogP contribution is -2.25. The second kappa shape index (κ2) is 13.1. The standard InChI is InChI=1S/C54H38N4/c1-33-31-55-32-34(2)51(33)41-18-12-17-39(28-41)37-15-11-16-38(27-37)40-24-26-49-46(29-40)44-20-8-10-22-48(44)54(49)47-21-9-7-19-43(47)45-25-23-42(30-50(45)54)53-57-35(3)56-52(58-53)36-13-5-4-6-14-36/h4-32H,1-3H3. The molecule has 1 atom stereocenters. The van der Waals surface area contributed by atoms with Gasteiger partial charge in [-0.15, -0.1) is 0 Å². The lowest BCUT2D eigenvalue weighted by molar-refractivity contribution is 0.794. The summed E-state index contributed by atoms with van der Waals surface area (Å²) in [5, 5.41) is 0. The molecule has 9 aromatic rings. The van der Waals surface area contributed by atoms with E-state index in [9.17, 15) is 0 Å². The molecule has 4 heteroatoms. The van der Waals surface area contributed by atoms with Crippen LogP contribution in [0, 0.1) is 20.8 Å². The Labute approximate surface area is 338 Å². The molecular weight excluding hydrogens is 705 g/mol. The van der Waals surface area contributed by atoms with Gasteiger partial charge >= 0.3 is 0 Å². The van der Waals surface area contributed by atoms with Gasteiger partial charge in [-0.3, -0.25) is 4.98 Å². The predicted molar refractivity (Wildman–Crippen MR) is 235 cm³/mol. The van der Waals surface area contributed by atoms with Gasteiger partial charge in [0.05, 0.1) is 5.41 Å². The van der Waals surface area contributed by atoms with Crippen molar-refractivity contribution in [2.75, 3.05) is 0 Å². The maximum atomic E-state index is 5.03. The average molecular weight is 743 g/mol. The van der Waals surface area contributed by atoms with Crippen molar-refractivity contribution in [3.8, 4) is 78.4 Å². The van der Waals surface area contributed by atoms with Gasteiger partial charge in [-0.1, -0.05) is 140 Å². The van der Waals surface area contributed by atoms with E-state index >= 15 is 0 Å². The minimum Gasteiger partial charge on any atom is -0.264 e. The molecule has 274 valence electrons. The molecule has 0 radical (unpaired) electrons. The van der Waals surface area contributed by atoms with Gasteiger partial charge < -0.3 is 0 Å². The van der Waals surface area contributed by atoms with Gasteiger partial charge in [0, 0.05) is 23.5 Å². The topological polar surface area (TPSA) is 51.6 Å². The Morgan fingerprint density at radius 1 is 0.345 bits per heavy atom. The van der Waals surface area contributed by atoms with Crippen molar-refractivity contribution in [1.29, 1.82) is 0 Å². The number of aryl methyl sites for hydroxylation is 3. The fraction of sp³-hybridized carbons (Fsp3) is 0.0741. The molecule has 2 aromatic heterocycles. The SMILES string of the molecule is Cc1nc(-c2ccccc2)nc(-c2ccc3c(c2)C2(c4ccccc4-c4cc(-c5cccc(-c6cccc(-c7c(C)cncc7C)c6)c5)ccc42)c2ccccc2-3)n1. The maximum absolute atomic E-state index is 5.03. The lowest BCUT2D eigenvalue weighted by atomic mass is 9.70. The molecular formula is C54H38N4. The highest BCUT2D eigenvalue weighted by Crippen LogP contribution is 2.63. The summed E-state index contributed by atoms with van der Waals surface area (Å²) < 4.78 is 0. The van der Waals surface area contributed by atoms with Crippen LogP contribution in [0.4, 0.5) is 0 Å². The van der Waals surface area contributed by atoms with E-state index in [1.807, 2.05) is 49.6 Å². The zero-order valence-electron chi connectivity index (χ0n) is 32.5. The number of rotatable bonds is 5. The van der Waals surface area contributed by atoms with Crippen molar-refractivity contribution in [3.05, 3.63) is 215 Å². The molecule has 4 nitrogen and oxygen atoms in total. The minimum absolute atomic E-state index is 0.498. The first kappa shape index (κ1) is 34.0. The largest absolute Gasteiger partial charge is 0.264 e. The Hall–Kier alpha value is -7.30. The second-order valence-electron chi connectivity index (χ2n) is 15.6. The first-order valence-corrected chi connectivity index (χ1v) is 19.9. The highest BCUT2D eigenvalue weighted by molar-refractivity contribution is 5.97. The van der Waals surface area contributed by atoms with Crippen molar-refractivity contribution in [2.24, 2.45) is 0 Å². The van der Waals surface area contributed by atoms with Crippen LogP contribution in [0.3, 0.4) is 0 Å². The normalized spacial score (nSPS) is 14.5. The highest BCUT2D eigenvalue weighted by Gasteiger charge is 2.51. The van der Waals surface area contributed by atoms with E-state index in [1.165, 1.54) is 89.0 Å². The maximum Gasteiger partial charge on any atom is 0.163 e. The van der Waals surface area contributed by atoms with Gasteiger partial charge in [0.25, 0.3) is 0 Å². The van der Waals surface area contributed by atoms with E-state index in [1.54, 1.807) is 0 Å². The molecule has 0 N–H and O–H groups in total. The number of hydrogen-bond acceptors (Lipinski definition) is 4. The third kappa shape index (κ3) is 5.15. The van der Waals surface area contributed by atoms with Gasteiger partial charge in [0.2, 0.25) is 0 Å². The van der Waals surface area contributed by atoms with Gasteiger partial charge in [0.1, 0.15) is 5.82 Å². The van der Waals surface area contributed by atoms with E-state index in [4.69, 9.17) is 15.0 Å². The molecule has 2 heterocycles. The van der Waals surface area contributed by atoms with Gasteiger partial charge in [-0.05, 0) is 134 Å². The molecule has 0 aliphatic heterocycles. The van der Waals surface area contributed by atoms with Crippen LogP contribution in [0.5, 0.6) is 0 Å². The summed E-state index contributed by atoms with van der Waals surface area (Å²) in [5.41, 5.74) is 21.2. The van der Waals surface area contributed by atoms with Crippen molar-refractivity contribution in [2.45, 2.75) is 26.2 Å².